The summed E-state index contributed by atoms with van der Waals surface area (Å²) in [4.78, 5) is 0. The molecule has 2 rings (SSSR count). The van der Waals surface area contributed by atoms with Gasteiger partial charge in [-0.05, 0) is 42.0 Å². The van der Waals surface area contributed by atoms with E-state index in [4.69, 9.17) is 33.7 Å². The van der Waals surface area contributed by atoms with Gasteiger partial charge in [0.15, 0.2) is 0 Å². The van der Waals surface area contributed by atoms with Gasteiger partial charge in [0, 0.05) is 11.6 Å². The molecule has 0 aliphatic rings. The Bertz CT molecular complexity index is 511. The summed E-state index contributed by atoms with van der Waals surface area (Å²) in [6.07, 6.45) is 0. The summed E-state index contributed by atoms with van der Waals surface area (Å²) in [6, 6.07) is 12.6. The maximum atomic E-state index is 6.08. The number of nitrogens with two attached hydrogens (primary N) is 1. The van der Waals surface area contributed by atoms with Crippen molar-refractivity contribution in [2.45, 2.75) is 6.54 Å². The van der Waals surface area contributed by atoms with Crippen LogP contribution in [0.4, 0.5) is 0 Å². The summed E-state index contributed by atoms with van der Waals surface area (Å²) in [6.45, 7) is 0.459. The lowest BCUT2D eigenvalue weighted by molar-refractivity contribution is 0.483. The van der Waals surface area contributed by atoms with Gasteiger partial charge in [-0.15, -0.1) is 0 Å². The molecule has 0 unspecified atom stereocenters. The van der Waals surface area contributed by atoms with Crippen molar-refractivity contribution in [3.05, 3.63) is 58.1 Å². The zero-order chi connectivity index (χ0) is 12.3. The second kappa shape index (κ2) is 5.41. The van der Waals surface area contributed by atoms with Crippen LogP contribution in [0, 0.1) is 0 Å². The van der Waals surface area contributed by atoms with Crippen molar-refractivity contribution in [1.82, 2.24) is 0 Å². The fourth-order valence-corrected chi connectivity index (χ4v) is 1.75. The summed E-state index contributed by atoms with van der Waals surface area (Å²) < 4.78 is 5.63. The normalized spacial score (nSPS) is 10.3. The third kappa shape index (κ3) is 3.13. The lowest BCUT2D eigenvalue weighted by atomic mass is 10.2. The molecule has 0 aliphatic heterocycles. The fourth-order valence-electron chi connectivity index (χ4n) is 1.38. The molecule has 0 aromatic heterocycles. The average Bonchev–Trinajstić information content (AvgIpc) is 2.34. The number of halogens is 2. The van der Waals surface area contributed by atoms with E-state index in [2.05, 4.69) is 0 Å². The Morgan fingerprint density at radius 2 is 1.71 bits per heavy atom. The van der Waals surface area contributed by atoms with Gasteiger partial charge in [0.25, 0.3) is 0 Å². The highest BCUT2D eigenvalue weighted by atomic mass is 35.5. The molecule has 0 atom stereocenters. The predicted octanol–water partition coefficient (Wildman–Crippen LogP) is 4.24. The lowest BCUT2D eigenvalue weighted by Gasteiger charge is -2.08. The molecule has 2 aromatic carbocycles. The van der Waals surface area contributed by atoms with Crippen LogP contribution >= 0.6 is 23.2 Å². The van der Waals surface area contributed by atoms with Gasteiger partial charge in [-0.25, -0.2) is 0 Å². The maximum Gasteiger partial charge on any atom is 0.146 e. The Kier molecular flexibility index (Phi) is 3.89. The molecule has 0 spiro atoms. The van der Waals surface area contributed by atoms with Gasteiger partial charge in [0.05, 0.1) is 5.02 Å². The van der Waals surface area contributed by atoms with E-state index < -0.39 is 0 Å². The highest BCUT2D eigenvalue weighted by Gasteiger charge is 2.04. The first kappa shape index (κ1) is 12.2. The van der Waals surface area contributed by atoms with Crippen molar-refractivity contribution >= 4 is 23.2 Å². The smallest absolute Gasteiger partial charge is 0.146 e. The van der Waals surface area contributed by atoms with E-state index in [1.165, 1.54) is 0 Å². The SMILES string of the molecule is NCc1ccc(Oc2ccc(Cl)cc2)c(Cl)c1. The molecule has 0 bridgehead atoms. The molecule has 2 N–H and O–H groups in total. The zero-order valence-electron chi connectivity index (χ0n) is 8.99. The standard InChI is InChI=1S/C13H11Cl2NO/c14-10-2-4-11(5-3-10)17-13-6-1-9(8-16)7-12(13)15/h1-7H,8,16H2. The van der Waals surface area contributed by atoms with E-state index >= 15 is 0 Å². The minimum absolute atomic E-state index is 0.459. The first-order valence-electron chi connectivity index (χ1n) is 5.11. The minimum atomic E-state index is 0.459. The second-order valence-electron chi connectivity index (χ2n) is 3.52. The first-order chi connectivity index (χ1) is 8.19. The van der Waals surface area contributed by atoms with E-state index in [1.807, 2.05) is 6.07 Å². The molecule has 88 valence electrons. The van der Waals surface area contributed by atoms with E-state index in [1.54, 1.807) is 36.4 Å². The van der Waals surface area contributed by atoms with Crippen molar-refractivity contribution in [3.63, 3.8) is 0 Å². The Morgan fingerprint density at radius 1 is 1.00 bits per heavy atom. The Balaban J connectivity index is 2.21. The molecule has 0 fully saturated rings. The third-order valence-corrected chi connectivity index (χ3v) is 2.82. The number of benzene rings is 2. The van der Waals surface area contributed by atoms with Crippen molar-refractivity contribution in [3.8, 4) is 11.5 Å². The van der Waals surface area contributed by atoms with Crippen molar-refractivity contribution < 1.29 is 4.74 Å². The maximum absolute atomic E-state index is 6.08. The van der Waals surface area contributed by atoms with Crippen molar-refractivity contribution in [1.29, 1.82) is 0 Å². The molecule has 0 amide bonds. The molecule has 0 aliphatic carbocycles. The van der Waals surface area contributed by atoms with Crippen LogP contribution in [0.5, 0.6) is 11.5 Å². The van der Waals surface area contributed by atoms with Crippen LogP contribution in [0.25, 0.3) is 0 Å². The minimum Gasteiger partial charge on any atom is -0.456 e. The van der Waals surface area contributed by atoms with Crippen molar-refractivity contribution in [2.75, 3.05) is 0 Å². The van der Waals surface area contributed by atoms with Crippen LogP contribution < -0.4 is 10.5 Å². The van der Waals surface area contributed by atoms with Gasteiger partial charge < -0.3 is 10.5 Å². The number of hydrogen-bond donors (Lipinski definition) is 1. The molecule has 2 nitrogen and oxygen atoms in total. The second-order valence-corrected chi connectivity index (χ2v) is 4.37. The Labute approximate surface area is 110 Å². The molecular weight excluding hydrogens is 257 g/mol. The van der Waals surface area contributed by atoms with Gasteiger partial charge in [0.1, 0.15) is 11.5 Å². The number of ether oxygens (including phenoxy) is 1. The number of rotatable bonds is 3. The van der Waals surface area contributed by atoms with E-state index in [0.29, 0.717) is 28.1 Å². The van der Waals surface area contributed by atoms with Gasteiger partial charge in [-0.3, -0.25) is 0 Å². The molecule has 2 aromatic rings. The summed E-state index contributed by atoms with van der Waals surface area (Å²) in [5.41, 5.74) is 6.49. The topological polar surface area (TPSA) is 35.2 Å². The highest BCUT2D eigenvalue weighted by Crippen LogP contribution is 2.30. The first-order valence-corrected chi connectivity index (χ1v) is 5.86. The Morgan fingerprint density at radius 3 is 2.29 bits per heavy atom. The van der Waals surface area contributed by atoms with Crippen LogP contribution in [0.2, 0.25) is 10.0 Å². The van der Waals surface area contributed by atoms with Gasteiger partial charge in [0.2, 0.25) is 0 Å². The quantitative estimate of drug-likeness (QED) is 0.903. The van der Waals surface area contributed by atoms with Gasteiger partial charge in [-0.2, -0.15) is 0 Å². The summed E-state index contributed by atoms with van der Waals surface area (Å²) in [5, 5.41) is 1.21. The van der Waals surface area contributed by atoms with Crippen LogP contribution in [0.3, 0.4) is 0 Å². The van der Waals surface area contributed by atoms with Gasteiger partial charge in [-0.1, -0.05) is 29.3 Å². The van der Waals surface area contributed by atoms with Crippen LogP contribution in [-0.4, -0.2) is 0 Å². The monoisotopic (exact) mass is 267 g/mol. The zero-order valence-corrected chi connectivity index (χ0v) is 10.5. The van der Waals surface area contributed by atoms with Crippen molar-refractivity contribution in [2.24, 2.45) is 5.73 Å². The third-order valence-electron chi connectivity index (χ3n) is 2.27. The molecule has 0 saturated carbocycles. The molecule has 0 saturated heterocycles. The molecule has 0 heterocycles. The van der Waals surface area contributed by atoms with E-state index in [-0.39, 0.29) is 0 Å². The molecule has 0 radical (unpaired) electrons. The fraction of sp³-hybridized carbons (Fsp3) is 0.0769. The predicted molar refractivity (Wildman–Crippen MR) is 70.9 cm³/mol. The van der Waals surface area contributed by atoms with E-state index in [9.17, 15) is 0 Å². The summed E-state index contributed by atoms with van der Waals surface area (Å²) >= 11 is 11.9. The van der Waals surface area contributed by atoms with Crippen LogP contribution in [0.1, 0.15) is 5.56 Å². The van der Waals surface area contributed by atoms with Crippen LogP contribution in [0.15, 0.2) is 42.5 Å². The lowest BCUT2D eigenvalue weighted by Crippen LogP contribution is -1.96. The Hall–Kier alpha value is -1.22. The largest absolute Gasteiger partial charge is 0.456 e. The number of hydrogen-bond acceptors (Lipinski definition) is 2. The molecule has 4 heteroatoms. The molecule has 17 heavy (non-hydrogen) atoms. The van der Waals surface area contributed by atoms with Crippen LogP contribution in [-0.2, 0) is 6.54 Å². The highest BCUT2D eigenvalue weighted by molar-refractivity contribution is 6.32. The summed E-state index contributed by atoms with van der Waals surface area (Å²) in [5.74, 6) is 1.29. The van der Waals surface area contributed by atoms with E-state index in [0.717, 1.165) is 5.56 Å². The van der Waals surface area contributed by atoms with Gasteiger partial charge >= 0.3 is 0 Å². The molecular formula is C13H11Cl2NO. The summed E-state index contributed by atoms with van der Waals surface area (Å²) in [7, 11) is 0. The average molecular weight is 268 g/mol.